The van der Waals surface area contributed by atoms with Crippen molar-refractivity contribution in [3.63, 3.8) is 0 Å². The molecule has 0 aliphatic carbocycles. The minimum Gasteiger partial charge on any atom is -0.493 e. The highest BCUT2D eigenvalue weighted by molar-refractivity contribution is 5.49. The third-order valence-electron chi connectivity index (χ3n) is 3.33. The predicted octanol–water partition coefficient (Wildman–Crippen LogP) is 4.43. The molecule has 0 radical (unpaired) electrons. The van der Waals surface area contributed by atoms with E-state index in [2.05, 4.69) is 24.0 Å². The quantitative estimate of drug-likeness (QED) is 0.762. The van der Waals surface area contributed by atoms with Crippen molar-refractivity contribution in [3.05, 3.63) is 66.7 Å². The van der Waals surface area contributed by atoms with Crippen molar-refractivity contribution in [3.8, 4) is 11.5 Å². The highest BCUT2D eigenvalue weighted by Gasteiger charge is 2.13. The Morgan fingerprint density at radius 2 is 1.76 bits per heavy atom. The minimum absolute atomic E-state index is 0.143. The van der Waals surface area contributed by atoms with Gasteiger partial charge in [-0.2, -0.15) is 0 Å². The monoisotopic (exact) mass is 283 g/mol. The van der Waals surface area contributed by atoms with Gasteiger partial charge in [0.2, 0.25) is 0 Å². The molecule has 3 nitrogen and oxygen atoms in total. The van der Waals surface area contributed by atoms with E-state index in [1.807, 2.05) is 42.5 Å². The van der Waals surface area contributed by atoms with E-state index in [-0.39, 0.29) is 6.04 Å². The zero-order valence-corrected chi connectivity index (χ0v) is 12.5. The Hall–Kier alpha value is -2.42. The van der Waals surface area contributed by atoms with Crippen LogP contribution in [0.2, 0.25) is 0 Å². The second kappa shape index (κ2) is 7.39. The van der Waals surface area contributed by atoms with E-state index in [0.29, 0.717) is 0 Å². The summed E-state index contributed by atoms with van der Waals surface area (Å²) in [5.74, 6) is 1.47. The van der Waals surface area contributed by atoms with Crippen molar-refractivity contribution in [1.29, 1.82) is 0 Å². The first kappa shape index (κ1) is 15.0. The zero-order valence-electron chi connectivity index (χ0n) is 12.5. The summed E-state index contributed by atoms with van der Waals surface area (Å²) in [6.07, 6.45) is 2.74. The number of methoxy groups -OCH3 is 2. The Kier molecular flexibility index (Phi) is 5.27. The molecule has 0 aliphatic rings. The molecule has 1 N–H and O–H groups in total. The Labute approximate surface area is 126 Å². The molecule has 0 spiro atoms. The molecule has 2 aromatic carbocycles. The molecule has 2 aromatic rings. The first-order valence-corrected chi connectivity index (χ1v) is 6.93. The fraction of sp³-hybridized carbons (Fsp3) is 0.222. The van der Waals surface area contributed by atoms with Crippen molar-refractivity contribution in [2.24, 2.45) is 0 Å². The summed E-state index contributed by atoms with van der Waals surface area (Å²) in [7, 11) is 3.29. The molecule has 0 heterocycles. The number of ether oxygens (including phenoxy) is 2. The molecule has 0 bridgehead atoms. The number of rotatable bonds is 7. The van der Waals surface area contributed by atoms with Gasteiger partial charge in [0.05, 0.1) is 20.3 Å². The van der Waals surface area contributed by atoms with Gasteiger partial charge in [-0.1, -0.05) is 30.3 Å². The number of hydrogen-bond donors (Lipinski definition) is 1. The molecule has 2 rings (SSSR count). The zero-order chi connectivity index (χ0) is 15.1. The van der Waals surface area contributed by atoms with Crippen LogP contribution in [0.3, 0.4) is 0 Å². The maximum Gasteiger partial charge on any atom is 0.161 e. The fourth-order valence-electron chi connectivity index (χ4n) is 2.25. The fourth-order valence-corrected chi connectivity index (χ4v) is 2.25. The second-order valence-electron chi connectivity index (χ2n) is 4.70. The summed E-state index contributed by atoms with van der Waals surface area (Å²) in [4.78, 5) is 0. The standard InChI is InChI=1S/C18H21NO2/c1-4-8-16(19-15-9-6-5-7-10-15)14-11-12-17(20-2)18(13-14)21-3/h4-7,9-13,16,19H,1,8H2,2-3H3/t16-/m0/s1. The van der Waals surface area contributed by atoms with Crippen molar-refractivity contribution < 1.29 is 9.47 Å². The Morgan fingerprint density at radius 3 is 2.38 bits per heavy atom. The smallest absolute Gasteiger partial charge is 0.161 e. The first-order chi connectivity index (χ1) is 10.3. The van der Waals surface area contributed by atoms with Gasteiger partial charge in [-0.15, -0.1) is 6.58 Å². The highest BCUT2D eigenvalue weighted by atomic mass is 16.5. The highest BCUT2D eigenvalue weighted by Crippen LogP contribution is 2.32. The molecular weight excluding hydrogens is 262 g/mol. The first-order valence-electron chi connectivity index (χ1n) is 6.93. The van der Waals surface area contributed by atoms with Crippen LogP contribution in [0.15, 0.2) is 61.2 Å². The van der Waals surface area contributed by atoms with E-state index in [4.69, 9.17) is 9.47 Å². The van der Waals surface area contributed by atoms with Crippen molar-refractivity contribution in [1.82, 2.24) is 0 Å². The molecule has 0 amide bonds. The van der Waals surface area contributed by atoms with E-state index in [1.165, 1.54) is 0 Å². The average Bonchev–Trinajstić information content (AvgIpc) is 2.54. The maximum absolute atomic E-state index is 5.38. The largest absolute Gasteiger partial charge is 0.493 e. The Morgan fingerprint density at radius 1 is 1.05 bits per heavy atom. The van der Waals surface area contributed by atoms with Gasteiger partial charge in [0, 0.05) is 5.69 Å². The van der Waals surface area contributed by atoms with Gasteiger partial charge >= 0.3 is 0 Å². The van der Waals surface area contributed by atoms with Crippen LogP contribution in [0.25, 0.3) is 0 Å². The molecule has 0 aromatic heterocycles. The van der Waals surface area contributed by atoms with Crippen LogP contribution in [-0.2, 0) is 0 Å². The van der Waals surface area contributed by atoms with Gasteiger partial charge in [0.1, 0.15) is 0 Å². The summed E-state index contributed by atoms with van der Waals surface area (Å²) in [5.41, 5.74) is 2.22. The van der Waals surface area contributed by atoms with Crippen LogP contribution < -0.4 is 14.8 Å². The molecule has 1 atom stereocenters. The lowest BCUT2D eigenvalue weighted by Gasteiger charge is -2.20. The van der Waals surface area contributed by atoms with Crippen LogP contribution in [0.4, 0.5) is 5.69 Å². The normalized spacial score (nSPS) is 11.5. The molecule has 0 fully saturated rings. The summed E-state index contributed by atoms with van der Waals surface area (Å²) in [6, 6.07) is 16.3. The van der Waals surface area contributed by atoms with E-state index < -0.39 is 0 Å². The number of benzene rings is 2. The lowest BCUT2D eigenvalue weighted by atomic mass is 10.0. The lowest BCUT2D eigenvalue weighted by molar-refractivity contribution is 0.354. The number of anilines is 1. The molecule has 0 unspecified atom stereocenters. The molecule has 110 valence electrons. The average molecular weight is 283 g/mol. The van der Waals surface area contributed by atoms with Crippen LogP contribution in [0.1, 0.15) is 18.0 Å². The summed E-state index contributed by atoms with van der Waals surface area (Å²) in [5, 5.41) is 3.52. The van der Waals surface area contributed by atoms with E-state index in [0.717, 1.165) is 29.2 Å². The summed E-state index contributed by atoms with van der Waals surface area (Å²) in [6.45, 7) is 3.85. The SMILES string of the molecule is C=CC[C@H](Nc1ccccc1)c1ccc(OC)c(OC)c1. The van der Waals surface area contributed by atoms with Gasteiger partial charge in [0.25, 0.3) is 0 Å². The maximum atomic E-state index is 5.38. The molecule has 0 saturated carbocycles. The van der Waals surface area contributed by atoms with Gasteiger partial charge in [-0.05, 0) is 36.2 Å². The topological polar surface area (TPSA) is 30.5 Å². The van der Waals surface area contributed by atoms with Gasteiger partial charge < -0.3 is 14.8 Å². The number of hydrogen-bond acceptors (Lipinski definition) is 3. The Balaban J connectivity index is 2.27. The molecule has 0 saturated heterocycles. The van der Waals surface area contributed by atoms with Crippen LogP contribution in [0, 0.1) is 0 Å². The summed E-state index contributed by atoms with van der Waals surface area (Å²) < 4.78 is 10.7. The number of nitrogens with one attached hydrogen (secondary N) is 1. The van der Waals surface area contributed by atoms with Crippen LogP contribution >= 0.6 is 0 Å². The minimum atomic E-state index is 0.143. The van der Waals surface area contributed by atoms with E-state index in [1.54, 1.807) is 14.2 Å². The summed E-state index contributed by atoms with van der Waals surface area (Å²) >= 11 is 0. The molecule has 21 heavy (non-hydrogen) atoms. The van der Waals surface area contributed by atoms with E-state index in [9.17, 15) is 0 Å². The van der Waals surface area contributed by atoms with Gasteiger partial charge in [-0.25, -0.2) is 0 Å². The van der Waals surface area contributed by atoms with Crippen LogP contribution in [0.5, 0.6) is 11.5 Å². The number of para-hydroxylation sites is 1. The van der Waals surface area contributed by atoms with Gasteiger partial charge in [-0.3, -0.25) is 0 Å². The lowest BCUT2D eigenvalue weighted by Crippen LogP contribution is -2.10. The molecule has 0 aliphatic heterocycles. The Bertz CT molecular complexity index is 581. The van der Waals surface area contributed by atoms with E-state index >= 15 is 0 Å². The molecule has 3 heteroatoms. The third-order valence-corrected chi connectivity index (χ3v) is 3.33. The predicted molar refractivity (Wildman–Crippen MR) is 87.2 cm³/mol. The molecular formula is C18H21NO2. The third kappa shape index (κ3) is 3.78. The second-order valence-corrected chi connectivity index (χ2v) is 4.70. The van der Waals surface area contributed by atoms with Crippen molar-refractivity contribution in [2.75, 3.05) is 19.5 Å². The van der Waals surface area contributed by atoms with Crippen molar-refractivity contribution >= 4 is 5.69 Å². The van der Waals surface area contributed by atoms with Crippen molar-refractivity contribution in [2.45, 2.75) is 12.5 Å². The van der Waals surface area contributed by atoms with Gasteiger partial charge in [0.15, 0.2) is 11.5 Å². The van der Waals surface area contributed by atoms with Crippen LogP contribution in [-0.4, -0.2) is 14.2 Å².